The van der Waals surface area contributed by atoms with Gasteiger partial charge in [0.2, 0.25) is 5.91 Å². The second-order valence-electron chi connectivity index (χ2n) is 5.13. The highest BCUT2D eigenvalue weighted by Crippen LogP contribution is 2.23. The molecule has 0 spiro atoms. The quantitative estimate of drug-likeness (QED) is 0.563. The molecule has 1 unspecified atom stereocenters. The first-order valence-electron chi connectivity index (χ1n) is 5.58. The molecule has 0 saturated heterocycles. The van der Waals surface area contributed by atoms with Crippen molar-refractivity contribution in [2.45, 2.75) is 33.6 Å². The number of carbonyl (C=O) groups is 1. The van der Waals surface area contributed by atoms with E-state index in [0.29, 0.717) is 19.6 Å². The Morgan fingerprint density at radius 1 is 1.33 bits per heavy atom. The van der Waals surface area contributed by atoms with E-state index in [1.165, 1.54) is 0 Å². The third kappa shape index (κ3) is 7.33. The van der Waals surface area contributed by atoms with Crippen LogP contribution in [-0.2, 0) is 4.79 Å². The van der Waals surface area contributed by atoms with Gasteiger partial charge in [-0.25, -0.2) is 0 Å². The number of rotatable bonds is 6. The predicted octanol–water partition coefficient (Wildman–Crippen LogP) is 0.463. The van der Waals surface area contributed by atoms with Gasteiger partial charge in [-0.15, -0.1) is 0 Å². The van der Waals surface area contributed by atoms with E-state index in [0.717, 1.165) is 12.8 Å². The number of nitrogens with one attached hydrogen (secondary N) is 1. The van der Waals surface area contributed by atoms with E-state index in [-0.39, 0.29) is 17.2 Å². The highest BCUT2D eigenvalue weighted by Gasteiger charge is 2.23. The average Bonchev–Trinajstić information content (AvgIpc) is 2.13. The van der Waals surface area contributed by atoms with Crippen molar-refractivity contribution in [3.8, 4) is 0 Å². The highest BCUT2D eigenvalue weighted by atomic mass is 16.1. The minimum Gasteiger partial charge on any atom is -0.356 e. The maximum absolute atomic E-state index is 11.7. The molecule has 90 valence electrons. The van der Waals surface area contributed by atoms with Crippen LogP contribution in [0.2, 0.25) is 0 Å². The molecule has 0 saturated carbocycles. The van der Waals surface area contributed by atoms with Gasteiger partial charge in [0.25, 0.3) is 0 Å². The first-order chi connectivity index (χ1) is 6.90. The van der Waals surface area contributed by atoms with Crippen molar-refractivity contribution < 1.29 is 4.79 Å². The van der Waals surface area contributed by atoms with Crippen molar-refractivity contribution >= 4 is 5.91 Å². The molecule has 0 aromatic rings. The van der Waals surface area contributed by atoms with Gasteiger partial charge in [0.15, 0.2) is 0 Å². The summed E-state index contributed by atoms with van der Waals surface area (Å²) in [5, 5.41) is 2.86. The first-order valence-corrected chi connectivity index (χ1v) is 5.58. The monoisotopic (exact) mass is 215 g/mol. The van der Waals surface area contributed by atoms with Gasteiger partial charge in [-0.3, -0.25) is 4.79 Å². The van der Waals surface area contributed by atoms with E-state index in [2.05, 4.69) is 26.1 Å². The molecule has 4 heteroatoms. The molecule has 5 N–H and O–H groups in total. The minimum atomic E-state index is -0.0808. The molecule has 1 amide bonds. The van der Waals surface area contributed by atoms with E-state index in [9.17, 15) is 4.79 Å². The summed E-state index contributed by atoms with van der Waals surface area (Å²) in [4.78, 5) is 11.7. The molecule has 0 fully saturated rings. The fraction of sp³-hybridized carbons (Fsp3) is 0.909. The summed E-state index contributed by atoms with van der Waals surface area (Å²) in [6.45, 7) is 8.00. The molecule has 0 heterocycles. The topological polar surface area (TPSA) is 81.1 Å². The summed E-state index contributed by atoms with van der Waals surface area (Å²) in [5.74, 6) is -0.0244. The number of amides is 1. The lowest BCUT2D eigenvalue weighted by atomic mass is 9.84. The Hall–Kier alpha value is -0.610. The Morgan fingerprint density at radius 2 is 1.93 bits per heavy atom. The molecule has 0 aliphatic heterocycles. The second-order valence-corrected chi connectivity index (χ2v) is 5.13. The number of nitrogens with two attached hydrogens (primary N) is 2. The Bertz CT molecular complexity index is 187. The molecule has 15 heavy (non-hydrogen) atoms. The number of hydrogen-bond acceptors (Lipinski definition) is 3. The van der Waals surface area contributed by atoms with Crippen LogP contribution >= 0.6 is 0 Å². The zero-order valence-electron chi connectivity index (χ0n) is 10.2. The molecule has 0 radical (unpaired) electrons. The van der Waals surface area contributed by atoms with Crippen LogP contribution in [0, 0.1) is 11.3 Å². The van der Waals surface area contributed by atoms with Gasteiger partial charge in [0.1, 0.15) is 0 Å². The summed E-state index contributed by atoms with van der Waals surface area (Å²) in [7, 11) is 0. The molecule has 1 atom stereocenters. The Kier molecular flexibility index (Phi) is 6.52. The summed E-state index contributed by atoms with van der Waals surface area (Å²) < 4.78 is 0. The van der Waals surface area contributed by atoms with Crippen LogP contribution in [0.25, 0.3) is 0 Å². The van der Waals surface area contributed by atoms with Crippen molar-refractivity contribution in [2.75, 3.05) is 19.6 Å². The molecule has 0 aromatic heterocycles. The SMILES string of the molecule is CC(C)(C)CC(CN)C(=O)NCCCN. The summed E-state index contributed by atoms with van der Waals surface area (Å²) in [6.07, 6.45) is 1.64. The van der Waals surface area contributed by atoms with Gasteiger partial charge >= 0.3 is 0 Å². The highest BCUT2D eigenvalue weighted by molar-refractivity contribution is 5.78. The van der Waals surface area contributed by atoms with Gasteiger partial charge in [-0.2, -0.15) is 0 Å². The Balaban J connectivity index is 4.00. The average molecular weight is 215 g/mol. The van der Waals surface area contributed by atoms with Crippen molar-refractivity contribution in [2.24, 2.45) is 22.8 Å². The largest absolute Gasteiger partial charge is 0.356 e. The second kappa shape index (κ2) is 6.80. The molecule has 0 bridgehead atoms. The smallest absolute Gasteiger partial charge is 0.224 e. The van der Waals surface area contributed by atoms with E-state index in [4.69, 9.17) is 11.5 Å². The summed E-state index contributed by atoms with van der Waals surface area (Å²) in [5.41, 5.74) is 11.1. The van der Waals surface area contributed by atoms with Crippen LogP contribution in [0.15, 0.2) is 0 Å². The lowest BCUT2D eigenvalue weighted by molar-refractivity contribution is -0.125. The van der Waals surface area contributed by atoms with Crippen molar-refractivity contribution in [1.29, 1.82) is 0 Å². The fourth-order valence-corrected chi connectivity index (χ4v) is 1.48. The van der Waals surface area contributed by atoms with Crippen LogP contribution in [-0.4, -0.2) is 25.5 Å². The van der Waals surface area contributed by atoms with Crippen LogP contribution in [0.5, 0.6) is 0 Å². The van der Waals surface area contributed by atoms with Gasteiger partial charge in [-0.1, -0.05) is 20.8 Å². The van der Waals surface area contributed by atoms with Gasteiger partial charge in [-0.05, 0) is 24.8 Å². The molecule has 0 aliphatic rings. The van der Waals surface area contributed by atoms with Gasteiger partial charge < -0.3 is 16.8 Å². The standard InChI is InChI=1S/C11H25N3O/c1-11(2,3)7-9(8-13)10(15)14-6-4-5-12/h9H,4-8,12-13H2,1-3H3,(H,14,15). The third-order valence-electron chi connectivity index (χ3n) is 2.19. The maximum Gasteiger partial charge on any atom is 0.224 e. The van der Waals surface area contributed by atoms with E-state index >= 15 is 0 Å². The third-order valence-corrected chi connectivity index (χ3v) is 2.19. The molecule has 0 rings (SSSR count). The fourth-order valence-electron chi connectivity index (χ4n) is 1.48. The van der Waals surface area contributed by atoms with Gasteiger partial charge in [0.05, 0.1) is 5.92 Å². The van der Waals surface area contributed by atoms with E-state index in [1.54, 1.807) is 0 Å². The lowest BCUT2D eigenvalue weighted by Crippen LogP contribution is -2.38. The molecule has 0 aliphatic carbocycles. The molecule has 0 aromatic carbocycles. The zero-order chi connectivity index (χ0) is 11.9. The zero-order valence-corrected chi connectivity index (χ0v) is 10.2. The maximum atomic E-state index is 11.7. The van der Waals surface area contributed by atoms with Crippen molar-refractivity contribution in [3.63, 3.8) is 0 Å². The number of hydrogen-bond donors (Lipinski definition) is 3. The first kappa shape index (κ1) is 14.4. The Morgan fingerprint density at radius 3 is 2.33 bits per heavy atom. The molecular weight excluding hydrogens is 190 g/mol. The summed E-state index contributed by atoms with van der Waals surface area (Å²) >= 11 is 0. The van der Waals surface area contributed by atoms with Gasteiger partial charge in [0, 0.05) is 13.1 Å². The molecular formula is C11H25N3O. The van der Waals surface area contributed by atoms with Crippen LogP contribution < -0.4 is 16.8 Å². The minimum absolute atomic E-state index is 0.0564. The van der Waals surface area contributed by atoms with E-state index in [1.807, 2.05) is 0 Å². The van der Waals surface area contributed by atoms with Crippen molar-refractivity contribution in [1.82, 2.24) is 5.32 Å². The Labute approximate surface area is 92.8 Å². The predicted molar refractivity (Wildman–Crippen MR) is 63.3 cm³/mol. The van der Waals surface area contributed by atoms with Crippen LogP contribution in [0.1, 0.15) is 33.6 Å². The normalized spacial score (nSPS) is 13.7. The number of carbonyl (C=O) groups excluding carboxylic acids is 1. The lowest BCUT2D eigenvalue weighted by Gasteiger charge is -2.24. The molecule has 4 nitrogen and oxygen atoms in total. The summed E-state index contributed by atoms with van der Waals surface area (Å²) in [6, 6.07) is 0. The van der Waals surface area contributed by atoms with Crippen molar-refractivity contribution in [3.05, 3.63) is 0 Å². The van der Waals surface area contributed by atoms with Crippen LogP contribution in [0.3, 0.4) is 0 Å². The van der Waals surface area contributed by atoms with Crippen LogP contribution in [0.4, 0.5) is 0 Å². The van der Waals surface area contributed by atoms with E-state index < -0.39 is 0 Å².